The molecule has 2 rings (SSSR count). The topological polar surface area (TPSA) is 52.7 Å². The molecule has 1 heterocycles. The van der Waals surface area contributed by atoms with Crippen molar-refractivity contribution >= 4 is 10.2 Å². The van der Waals surface area contributed by atoms with E-state index < -0.39 is 10.2 Å². The molecule has 1 aliphatic heterocycles. The van der Waals surface area contributed by atoms with Crippen LogP contribution >= 0.6 is 0 Å². The molecule has 2 fully saturated rings. The summed E-state index contributed by atoms with van der Waals surface area (Å²) < 4.78 is 28.8. The summed E-state index contributed by atoms with van der Waals surface area (Å²) in [5.74, 6) is 0.471. The van der Waals surface area contributed by atoms with E-state index in [9.17, 15) is 8.42 Å². The van der Waals surface area contributed by atoms with Crippen LogP contribution in [0.25, 0.3) is 0 Å². The SMILES string of the molecule is CCCCN(C)S(=O)(=O)N(CC1CCCNC1)C1CC1. The molecule has 1 saturated carbocycles. The Labute approximate surface area is 123 Å². The molecule has 1 aliphatic carbocycles. The fraction of sp³-hybridized carbons (Fsp3) is 1.00. The van der Waals surface area contributed by atoms with E-state index in [1.807, 2.05) is 0 Å². The number of piperidine rings is 1. The van der Waals surface area contributed by atoms with Crippen LogP contribution in [0.3, 0.4) is 0 Å². The van der Waals surface area contributed by atoms with E-state index in [0.29, 0.717) is 19.0 Å². The molecule has 118 valence electrons. The molecular formula is C14H29N3O2S. The van der Waals surface area contributed by atoms with Crippen LogP contribution in [0.4, 0.5) is 0 Å². The molecule has 0 spiro atoms. The van der Waals surface area contributed by atoms with Crippen molar-refractivity contribution in [1.29, 1.82) is 0 Å². The Kier molecular flexibility index (Phi) is 5.84. The first-order valence-corrected chi connectivity index (χ1v) is 9.39. The van der Waals surface area contributed by atoms with E-state index in [2.05, 4.69) is 12.2 Å². The van der Waals surface area contributed by atoms with Crippen LogP contribution in [0.1, 0.15) is 45.4 Å². The molecule has 0 radical (unpaired) electrons. The van der Waals surface area contributed by atoms with Gasteiger partial charge in [-0.25, -0.2) is 0 Å². The minimum atomic E-state index is -3.27. The number of rotatable bonds is 8. The molecule has 20 heavy (non-hydrogen) atoms. The summed E-state index contributed by atoms with van der Waals surface area (Å²) in [5, 5.41) is 3.38. The zero-order chi connectivity index (χ0) is 14.6. The van der Waals surface area contributed by atoms with E-state index in [1.165, 1.54) is 0 Å². The molecule has 5 nitrogen and oxygen atoms in total. The summed E-state index contributed by atoms with van der Waals surface area (Å²) in [7, 11) is -1.55. The van der Waals surface area contributed by atoms with Crippen molar-refractivity contribution in [3.8, 4) is 0 Å². The van der Waals surface area contributed by atoms with Crippen LogP contribution in [-0.2, 0) is 10.2 Å². The maximum atomic E-state index is 12.7. The van der Waals surface area contributed by atoms with Crippen LogP contribution in [0, 0.1) is 5.92 Å². The second kappa shape index (κ2) is 7.20. The summed E-state index contributed by atoms with van der Waals surface area (Å²) in [6.45, 7) is 5.44. The Hall–Kier alpha value is -0.170. The molecule has 0 aromatic heterocycles. The van der Waals surface area contributed by atoms with Gasteiger partial charge in [0.05, 0.1) is 0 Å². The third kappa shape index (κ3) is 4.16. The van der Waals surface area contributed by atoms with Crippen molar-refractivity contribution in [2.75, 3.05) is 33.2 Å². The van der Waals surface area contributed by atoms with Crippen molar-refractivity contribution in [3.63, 3.8) is 0 Å². The molecule has 0 amide bonds. The molecule has 0 bridgehead atoms. The third-order valence-electron chi connectivity index (χ3n) is 4.31. The quantitative estimate of drug-likeness (QED) is 0.738. The zero-order valence-corrected chi connectivity index (χ0v) is 13.7. The van der Waals surface area contributed by atoms with Gasteiger partial charge in [0.25, 0.3) is 10.2 Å². The summed E-state index contributed by atoms with van der Waals surface area (Å²) in [4.78, 5) is 0. The molecule has 6 heteroatoms. The van der Waals surface area contributed by atoms with Gasteiger partial charge in [-0.05, 0) is 51.1 Å². The number of hydrogen-bond acceptors (Lipinski definition) is 3. The minimum absolute atomic E-state index is 0.256. The highest BCUT2D eigenvalue weighted by atomic mass is 32.2. The molecule has 0 aromatic rings. The average Bonchev–Trinajstić information content (AvgIpc) is 3.27. The lowest BCUT2D eigenvalue weighted by Gasteiger charge is -2.32. The van der Waals surface area contributed by atoms with Gasteiger partial charge in [0, 0.05) is 26.2 Å². The minimum Gasteiger partial charge on any atom is -0.316 e. The van der Waals surface area contributed by atoms with Crippen molar-refractivity contribution in [2.24, 2.45) is 5.92 Å². The van der Waals surface area contributed by atoms with Crippen LogP contribution in [0.15, 0.2) is 0 Å². The summed E-state index contributed by atoms with van der Waals surface area (Å²) >= 11 is 0. The van der Waals surface area contributed by atoms with Crippen molar-refractivity contribution in [2.45, 2.75) is 51.5 Å². The molecule has 1 unspecified atom stereocenters. The molecule has 0 aromatic carbocycles. The smallest absolute Gasteiger partial charge is 0.281 e. The Bertz CT molecular complexity index is 389. The van der Waals surface area contributed by atoms with E-state index in [1.54, 1.807) is 15.7 Å². The van der Waals surface area contributed by atoms with Crippen LogP contribution in [0.5, 0.6) is 0 Å². The summed E-state index contributed by atoms with van der Waals surface area (Å²) in [6.07, 6.45) is 6.32. The molecule has 1 atom stereocenters. The van der Waals surface area contributed by atoms with Gasteiger partial charge in [0.2, 0.25) is 0 Å². The molecule has 1 saturated heterocycles. The maximum absolute atomic E-state index is 12.7. The fourth-order valence-electron chi connectivity index (χ4n) is 2.80. The van der Waals surface area contributed by atoms with Gasteiger partial charge >= 0.3 is 0 Å². The van der Waals surface area contributed by atoms with Gasteiger partial charge in [-0.15, -0.1) is 0 Å². The lowest BCUT2D eigenvalue weighted by Crippen LogP contribution is -2.47. The average molecular weight is 303 g/mol. The number of hydrogen-bond donors (Lipinski definition) is 1. The second-order valence-corrected chi connectivity index (χ2v) is 8.18. The first-order valence-electron chi connectivity index (χ1n) is 7.99. The Morgan fingerprint density at radius 3 is 2.55 bits per heavy atom. The summed E-state index contributed by atoms with van der Waals surface area (Å²) in [5.41, 5.74) is 0. The standard InChI is InChI=1S/C14H29N3O2S/c1-3-4-10-16(2)20(18,19)17(14-7-8-14)12-13-6-5-9-15-11-13/h13-15H,3-12H2,1-2H3. The Morgan fingerprint density at radius 1 is 1.25 bits per heavy atom. The van der Waals surface area contributed by atoms with Gasteiger partial charge in [-0.2, -0.15) is 17.0 Å². The number of nitrogens with zero attached hydrogens (tertiary/aromatic N) is 2. The van der Waals surface area contributed by atoms with Crippen molar-refractivity contribution < 1.29 is 8.42 Å². The van der Waals surface area contributed by atoms with Gasteiger partial charge in [0.1, 0.15) is 0 Å². The lowest BCUT2D eigenvalue weighted by atomic mass is 10.00. The molecule has 1 N–H and O–H groups in total. The Morgan fingerprint density at radius 2 is 2.00 bits per heavy atom. The van der Waals surface area contributed by atoms with Crippen LogP contribution in [0.2, 0.25) is 0 Å². The predicted octanol–water partition coefficient (Wildman–Crippen LogP) is 1.43. The van der Waals surface area contributed by atoms with Gasteiger partial charge in [0.15, 0.2) is 0 Å². The van der Waals surface area contributed by atoms with Crippen molar-refractivity contribution in [3.05, 3.63) is 0 Å². The predicted molar refractivity (Wildman–Crippen MR) is 81.8 cm³/mol. The largest absolute Gasteiger partial charge is 0.316 e. The van der Waals surface area contributed by atoms with Gasteiger partial charge in [-0.1, -0.05) is 13.3 Å². The summed E-state index contributed by atoms with van der Waals surface area (Å²) in [6, 6.07) is 0.256. The highest BCUT2D eigenvalue weighted by Gasteiger charge is 2.40. The van der Waals surface area contributed by atoms with E-state index in [0.717, 1.165) is 51.6 Å². The third-order valence-corrected chi connectivity index (χ3v) is 6.32. The van der Waals surface area contributed by atoms with E-state index >= 15 is 0 Å². The Balaban J connectivity index is 1.99. The molecular weight excluding hydrogens is 274 g/mol. The van der Waals surface area contributed by atoms with Gasteiger partial charge in [-0.3, -0.25) is 0 Å². The fourth-order valence-corrected chi connectivity index (χ4v) is 4.51. The van der Waals surface area contributed by atoms with E-state index in [4.69, 9.17) is 0 Å². The van der Waals surface area contributed by atoms with Crippen LogP contribution < -0.4 is 5.32 Å². The highest BCUT2D eigenvalue weighted by molar-refractivity contribution is 7.86. The first kappa shape index (κ1) is 16.2. The second-order valence-electron chi connectivity index (χ2n) is 6.20. The van der Waals surface area contributed by atoms with Crippen molar-refractivity contribution in [1.82, 2.24) is 13.9 Å². The van der Waals surface area contributed by atoms with E-state index in [-0.39, 0.29) is 6.04 Å². The zero-order valence-electron chi connectivity index (χ0n) is 12.8. The monoisotopic (exact) mass is 303 g/mol. The maximum Gasteiger partial charge on any atom is 0.281 e. The first-order chi connectivity index (χ1) is 9.55. The number of unbranched alkanes of at least 4 members (excludes halogenated alkanes) is 1. The number of nitrogens with one attached hydrogen (secondary N) is 1. The normalized spacial score (nSPS) is 24.5. The van der Waals surface area contributed by atoms with Gasteiger partial charge < -0.3 is 5.32 Å². The molecule has 2 aliphatic rings. The lowest BCUT2D eigenvalue weighted by molar-refractivity contribution is 0.271. The highest BCUT2D eigenvalue weighted by Crippen LogP contribution is 2.31. The van der Waals surface area contributed by atoms with Crippen LogP contribution in [-0.4, -0.2) is 56.3 Å².